The number of hydrogen-bond acceptors (Lipinski definition) is 1. The summed E-state index contributed by atoms with van der Waals surface area (Å²) in [4.78, 5) is 0. The molecular formula is C21H30OSi. The maximum Gasteiger partial charge on any atom is 0.122 e. The standard InChI is InChI=1S/C21H30OSi/c1-8-15-22-20-16(2)11-9-14-19(20)23(6,7)18-13-10-12-17(18)21(3,4)5/h8-12,14H,1,13,15H2,2-7H3. The molecule has 0 spiro atoms. The van der Waals surface area contributed by atoms with Crippen molar-refractivity contribution in [2.45, 2.75) is 47.2 Å². The highest BCUT2D eigenvalue weighted by Crippen LogP contribution is 2.39. The third-order valence-electron chi connectivity index (χ3n) is 4.72. The molecule has 124 valence electrons. The summed E-state index contributed by atoms with van der Waals surface area (Å²) in [7, 11) is -1.79. The molecule has 2 rings (SSSR count). The van der Waals surface area contributed by atoms with Gasteiger partial charge in [0.2, 0.25) is 0 Å². The van der Waals surface area contributed by atoms with E-state index in [0.717, 1.165) is 12.2 Å². The first-order valence-corrected chi connectivity index (χ1v) is 11.4. The number of para-hydroxylation sites is 1. The number of benzene rings is 1. The molecule has 1 nitrogen and oxygen atoms in total. The van der Waals surface area contributed by atoms with Crippen LogP contribution in [0, 0.1) is 12.3 Å². The molecule has 0 aliphatic heterocycles. The molecule has 1 aliphatic rings. The lowest BCUT2D eigenvalue weighted by atomic mass is 9.87. The van der Waals surface area contributed by atoms with Crippen molar-refractivity contribution in [3.8, 4) is 5.75 Å². The molecule has 23 heavy (non-hydrogen) atoms. The molecule has 1 aromatic rings. The Morgan fingerprint density at radius 1 is 1.26 bits per heavy atom. The van der Waals surface area contributed by atoms with Gasteiger partial charge in [-0.2, -0.15) is 0 Å². The van der Waals surface area contributed by atoms with Gasteiger partial charge in [0.15, 0.2) is 0 Å². The van der Waals surface area contributed by atoms with Crippen LogP contribution >= 0.6 is 0 Å². The van der Waals surface area contributed by atoms with E-state index in [-0.39, 0.29) is 5.41 Å². The zero-order valence-electron chi connectivity index (χ0n) is 15.5. The van der Waals surface area contributed by atoms with Crippen LogP contribution in [0.1, 0.15) is 32.8 Å². The van der Waals surface area contributed by atoms with Gasteiger partial charge in [-0.05, 0) is 35.1 Å². The Kier molecular flexibility index (Phi) is 5.05. The Balaban J connectivity index is 2.56. The molecule has 2 heteroatoms. The van der Waals surface area contributed by atoms with Crippen molar-refractivity contribution in [2.24, 2.45) is 5.41 Å². The summed E-state index contributed by atoms with van der Waals surface area (Å²) >= 11 is 0. The van der Waals surface area contributed by atoms with Gasteiger partial charge in [0.25, 0.3) is 0 Å². The highest BCUT2D eigenvalue weighted by Gasteiger charge is 2.36. The molecule has 0 fully saturated rings. The fourth-order valence-corrected chi connectivity index (χ4v) is 6.88. The highest BCUT2D eigenvalue weighted by atomic mass is 28.3. The Bertz CT molecular complexity index is 657. The lowest BCUT2D eigenvalue weighted by Gasteiger charge is -2.32. The van der Waals surface area contributed by atoms with Crippen molar-refractivity contribution in [3.63, 3.8) is 0 Å². The second kappa shape index (κ2) is 6.52. The van der Waals surface area contributed by atoms with E-state index in [1.807, 2.05) is 6.08 Å². The van der Waals surface area contributed by atoms with Gasteiger partial charge in [0.1, 0.15) is 20.4 Å². The van der Waals surface area contributed by atoms with E-state index in [1.165, 1.54) is 16.3 Å². The Hall–Kier alpha value is -1.54. The topological polar surface area (TPSA) is 9.23 Å². The molecule has 0 unspecified atom stereocenters. The zero-order valence-corrected chi connectivity index (χ0v) is 16.5. The van der Waals surface area contributed by atoms with Gasteiger partial charge in [-0.1, -0.05) is 82.1 Å². The van der Waals surface area contributed by atoms with E-state index in [0.29, 0.717) is 6.61 Å². The van der Waals surface area contributed by atoms with Gasteiger partial charge in [0.05, 0.1) is 0 Å². The molecule has 0 saturated heterocycles. The third kappa shape index (κ3) is 3.53. The predicted molar refractivity (Wildman–Crippen MR) is 104 cm³/mol. The van der Waals surface area contributed by atoms with E-state index < -0.39 is 8.07 Å². The van der Waals surface area contributed by atoms with Crippen molar-refractivity contribution in [3.05, 3.63) is 59.3 Å². The van der Waals surface area contributed by atoms with Gasteiger partial charge in [-0.25, -0.2) is 0 Å². The molecule has 0 N–H and O–H groups in total. The van der Waals surface area contributed by atoms with Gasteiger partial charge < -0.3 is 4.74 Å². The highest BCUT2D eigenvalue weighted by molar-refractivity contribution is 6.96. The SMILES string of the molecule is C=CCOc1c(C)cccc1[Si](C)(C)C1=C(C(C)(C)C)C=CC1. The molecule has 0 amide bonds. The van der Waals surface area contributed by atoms with Crippen LogP contribution in [-0.2, 0) is 0 Å². The largest absolute Gasteiger partial charge is 0.489 e. The zero-order chi connectivity index (χ0) is 17.3. The van der Waals surface area contributed by atoms with Crippen LogP contribution in [0.25, 0.3) is 0 Å². The van der Waals surface area contributed by atoms with Crippen molar-refractivity contribution < 1.29 is 4.74 Å². The average molecular weight is 327 g/mol. The molecule has 1 aromatic carbocycles. The van der Waals surface area contributed by atoms with Crippen molar-refractivity contribution in [2.75, 3.05) is 6.61 Å². The first kappa shape index (κ1) is 17.8. The molecule has 0 radical (unpaired) electrons. The minimum absolute atomic E-state index is 0.193. The lowest BCUT2D eigenvalue weighted by Crippen LogP contribution is -2.45. The minimum Gasteiger partial charge on any atom is -0.489 e. The van der Waals surface area contributed by atoms with Crippen molar-refractivity contribution in [1.82, 2.24) is 0 Å². The third-order valence-corrected chi connectivity index (χ3v) is 8.45. The molecule has 0 aromatic heterocycles. The molecule has 1 aliphatic carbocycles. The number of rotatable bonds is 5. The number of hydrogen-bond donors (Lipinski definition) is 0. The van der Waals surface area contributed by atoms with Crippen LogP contribution in [0.2, 0.25) is 13.1 Å². The van der Waals surface area contributed by atoms with Crippen LogP contribution in [-0.4, -0.2) is 14.7 Å². The van der Waals surface area contributed by atoms with E-state index >= 15 is 0 Å². The summed E-state index contributed by atoms with van der Waals surface area (Å²) in [6.07, 6.45) is 7.57. The number of allylic oxidation sites excluding steroid dienone is 4. The summed E-state index contributed by atoms with van der Waals surface area (Å²) in [5.41, 5.74) is 2.93. The second-order valence-corrected chi connectivity index (χ2v) is 12.3. The fraction of sp³-hybridized carbons (Fsp3) is 0.429. The Morgan fingerprint density at radius 2 is 1.96 bits per heavy atom. The summed E-state index contributed by atoms with van der Waals surface area (Å²) in [5.74, 6) is 1.07. The Morgan fingerprint density at radius 3 is 2.57 bits per heavy atom. The molecular weight excluding hydrogens is 296 g/mol. The van der Waals surface area contributed by atoms with Crippen LogP contribution in [0.3, 0.4) is 0 Å². The maximum atomic E-state index is 6.06. The minimum atomic E-state index is -1.79. The summed E-state index contributed by atoms with van der Waals surface area (Å²) in [6, 6.07) is 6.57. The van der Waals surface area contributed by atoms with E-state index in [1.54, 1.807) is 5.20 Å². The molecule has 0 atom stereocenters. The van der Waals surface area contributed by atoms with Crippen molar-refractivity contribution in [1.29, 1.82) is 0 Å². The fourth-order valence-electron chi connectivity index (χ4n) is 3.44. The quantitative estimate of drug-likeness (QED) is 0.526. The Labute approximate surface area is 142 Å². The first-order chi connectivity index (χ1) is 10.7. The summed E-state index contributed by atoms with van der Waals surface area (Å²) < 4.78 is 6.06. The number of ether oxygens (including phenoxy) is 1. The normalized spacial score (nSPS) is 15.2. The van der Waals surface area contributed by atoms with E-state index in [2.05, 4.69) is 77.7 Å². The summed E-state index contributed by atoms with van der Waals surface area (Å²) in [6.45, 7) is 18.3. The average Bonchev–Trinajstić information content (AvgIpc) is 2.96. The smallest absolute Gasteiger partial charge is 0.122 e. The van der Waals surface area contributed by atoms with E-state index in [4.69, 9.17) is 4.74 Å². The maximum absolute atomic E-state index is 6.06. The van der Waals surface area contributed by atoms with Gasteiger partial charge in [0, 0.05) is 0 Å². The molecule has 0 bridgehead atoms. The van der Waals surface area contributed by atoms with E-state index in [9.17, 15) is 0 Å². The van der Waals surface area contributed by atoms with Gasteiger partial charge >= 0.3 is 0 Å². The number of aryl methyl sites for hydroxylation is 1. The van der Waals surface area contributed by atoms with Gasteiger partial charge in [-0.3, -0.25) is 0 Å². The molecule has 0 saturated carbocycles. The second-order valence-electron chi connectivity index (χ2n) is 7.92. The van der Waals surface area contributed by atoms with Crippen molar-refractivity contribution >= 4 is 13.3 Å². The summed E-state index contributed by atoms with van der Waals surface area (Å²) in [5, 5.41) is 3.04. The monoisotopic (exact) mass is 326 g/mol. The van der Waals surface area contributed by atoms with Crippen LogP contribution in [0.4, 0.5) is 0 Å². The van der Waals surface area contributed by atoms with Crippen LogP contribution < -0.4 is 9.92 Å². The first-order valence-electron chi connectivity index (χ1n) is 8.44. The predicted octanol–water partition coefficient (Wildman–Crippen LogP) is 5.32. The van der Waals surface area contributed by atoms with Gasteiger partial charge in [-0.15, -0.1) is 0 Å². The molecule has 0 heterocycles. The van der Waals surface area contributed by atoms with Crippen LogP contribution in [0.5, 0.6) is 5.75 Å². The lowest BCUT2D eigenvalue weighted by molar-refractivity contribution is 0.363. The van der Waals surface area contributed by atoms with Crippen LogP contribution in [0.15, 0.2) is 53.8 Å².